The number of carbonyl (C=O) groups is 1. The maximum Gasteiger partial charge on any atom is 0.234 e. The molecule has 17 heavy (non-hydrogen) atoms. The number of rotatable bonds is 3. The molecule has 1 aliphatic rings. The summed E-state index contributed by atoms with van der Waals surface area (Å²) in [5, 5.41) is 10.8. The molecule has 0 aliphatic carbocycles. The molecule has 1 aromatic heterocycles. The molecule has 0 bridgehead atoms. The van der Waals surface area contributed by atoms with Crippen LogP contribution >= 0.6 is 0 Å². The number of hydrogen-bond donors (Lipinski definition) is 1. The van der Waals surface area contributed by atoms with Crippen LogP contribution < -0.4 is 5.32 Å². The smallest absolute Gasteiger partial charge is 0.234 e. The van der Waals surface area contributed by atoms with Crippen molar-refractivity contribution in [1.29, 1.82) is 0 Å². The minimum atomic E-state index is -0.0885. The van der Waals surface area contributed by atoms with Gasteiger partial charge in [-0.05, 0) is 13.8 Å². The van der Waals surface area contributed by atoms with Gasteiger partial charge in [-0.25, -0.2) is 0 Å². The van der Waals surface area contributed by atoms with E-state index in [4.69, 9.17) is 4.42 Å². The van der Waals surface area contributed by atoms with E-state index in [9.17, 15) is 4.79 Å². The van der Waals surface area contributed by atoms with E-state index in [0.717, 1.165) is 6.42 Å². The van der Waals surface area contributed by atoms with Gasteiger partial charge < -0.3 is 9.73 Å². The Morgan fingerprint density at radius 1 is 1.41 bits per heavy atom. The number of aromatic nitrogens is 2. The molecule has 1 fully saturated rings. The van der Waals surface area contributed by atoms with Gasteiger partial charge in [-0.2, -0.15) is 0 Å². The normalized spacial score (nSPS) is 20.3. The van der Waals surface area contributed by atoms with Gasteiger partial charge in [0.15, 0.2) is 0 Å². The Morgan fingerprint density at radius 2 is 2.12 bits per heavy atom. The Hall–Kier alpha value is -1.43. The molecule has 6 heteroatoms. The number of piperazine rings is 1. The van der Waals surface area contributed by atoms with Gasteiger partial charge in [0.1, 0.15) is 0 Å². The molecule has 1 amide bonds. The third-order valence-electron chi connectivity index (χ3n) is 3.05. The zero-order valence-corrected chi connectivity index (χ0v) is 10.5. The maximum absolute atomic E-state index is 11.4. The molecular weight excluding hydrogens is 220 g/mol. The minimum Gasteiger partial charge on any atom is -0.424 e. The van der Waals surface area contributed by atoms with E-state index in [2.05, 4.69) is 34.3 Å². The molecule has 1 aliphatic heterocycles. The summed E-state index contributed by atoms with van der Waals surface area (Å²) in [6.07, 6.45) is 0.733. The fraction of sp³-hybridized carbons (Fsp3) is 0.727. The first kappa shape index (κ1) is 12.0. The quantitative estimate of drug-likeness (QED) is 0.822. The highest BCUT2D eigenvalue weighted by molar-refractivity contribution is 5.79. The van der Waals surface area contributed by atoms with Crippen molar-refractivity contribution < 1.29 is 9.21 Å². The number of hydrogen-bond acceptors (Lipinski definition) is 5. The molecule has 0 aromatic carbocycles. The van der Waals surface area contributed by atoms with Crippen LogP contribution in [0.15, 0.2) is 4.42 Å². The lowest BCUT2D eigenvalue weighted by Gasteiger charge is -2.41. The van der Waals surface area contributed by atoms with E-state index in [1.165, 1.54) is 0 Å². The van der Waals surface area contributed by atoms with Crippen LogP contribution in [0, 0.1) is 0 Å². The number of aryl methyl sites for hydroxylation is 1. The van der Waals surface area contributed by atoms with Crippen molar-refractivity contribution in [1.82, 2.24) is 20.4 Å². The van der Waals surface area contributed by atoms with Crippen LogP contribution in [0.2, 0.25) is 0 Å². The van der Waals surface area contributed by atoms with E-state index in [1.54, 1.807) is 0 Å². The van der Waals surface area contributed by atoms with E-state index >= 15 is 0 Å². The highest BCUT2D eigenvalue weighted by atomic mass is 16.4. The Balaban J connectivity index is 2.07. The number of nitrogens with one attached hydrogen (secondary N) is 1. The summed E-state index contributed by atoms with van der Waals surface area (Å²) < 4.78 is 5.47. The number of amides is 1. The molecule has 0 atom stereocenters. The standard InChI is InChI=1S/C11H18N4O2/c1-4-9-13-14-10(17-9)6-15-5-8(16)12-7-11(15,2)3/h4-7H2,1-3H3,(H,12,16). The van der Waals surface area contributed by atoms with Crippen molar-refractivity contribution in [2.24, 2.45) is 0 Å². The first-order valence-corrected chi connectivity index (χ1v) is 5.84. The van der Waals surface area contributed by atoms with Crippen LogP contribution in [-0.2, 0) is 17.8 Å². The fourth-order valence-electron chi connectivity index (χ4n) is 1.80. The molecule has 2 heterocycles. The van der Waals surface area contributed by atoms with Crippen molar-refractivity contribution >= 4 is 5.91 Å². The molecule has 94 valence electrons. The number of nitrogens with zero attached hydrogens (tertiary/aromatic N) is 3. The van der Waals surface area contributed by atoms with Crippen LogP contribution in [0.3, 0.4) is 0 Å². The first-order chi connectivity index (χ1) is 8.01. The molecule has 2 rings (SSSR count). The van der Waals surface area contributed by atoms with Crippen LogP contribution in [-0.4, -0.2) is 39.6 Å². The fourth-order valence-corrected chi connectivity index (χ4v) is 1.80. The zero-order chi connectivity index (χ0) is 12.5. The second-order valence-corrected chi connectivity index (χ2v) is 4.89. The van der Waals surface area contributed by atoms with Crippen molar-refractivity contribution in [3.63, 3.8) is 0 Å². The monoisotopic (exact) mass is 238 g/mol. The summed E-state index contributed by atoms with van der Waals surface area (Å²) >= 11 is 0. The lowest BCUT2D eigenvalue weighted by atomic mass is 10.0. The van der Waals surface area contributed by atoms with Gasteiger partial charge in [0.05, 0.1) is 13.1 Å². The summed E-state index contributed by atoms with van der Waals surface area (Å²) in [6.45, 7) is 7.67. The molecule has 1 saturated heterocycles. The lowest BCUT2D eigenvalue weighted by Crippen LogP contribution is -2.59. The third-order valence-corrected chi connectivity index (χ3v) is 3.05. The molecule has 0 unspecified atom stereocenters. The summed E-state index contributed by atoms with van der Waals surface area (Å²) in [6, 6.07) is 0. The van der Waals surface area contributed by atoms with Crippen LogP contribution in [0.25, 0.3) is 0 Å². The van der Waals surface area contributed by atoms with Crippen LogP contribution in [0.1, 0.15) is 32.6 Å². The van der Waals surface area contributed by atoms with Crippen molar-refractivity contribution in [3.05, 3.63) is 11.8 Å². The topological polar surface area (TPSA) is 71.3 Å². The Bertz CT molecular complexity index is 413. The van der Waals surface area contributed by atoms with Crippen LogP contribution in [0.4, 0.5) is 0 Å². The van der Waals surface area contributed by atoms with Gasteiger partial charge in [0, 0.05) is 18.5 Å². The summed E-state index contributed by atoms with van der Waals surface area (Å²) in [7, 11) is 0. The van der Waals surface area contributed by atoms with Gasteiger partial charge >= 0.3 is 0 Å². The summed E-state index contributed by atoms with van der Waals surface area (Å²) in [5.41, 5.74) is -0.0885. The molecule has 6 nitrogen and oxygen atoms in total. The predicted octanol–water partition coefficient (Wildman–Crippen LogP) is 0.342. The predicted molar refractivity (Wildman–Crippen MR) is 61.2 cm³/mol. The number of carbonyl (C=O) groups excluding carboxylic acids is 1. The SMILES string of the molecule is CCc1nnc(CN2CC(=O)NCC2(C)C)o1. The van der Waals surface area contributed by atoms with Crippen molar-refractivity contribution in [2.45, 2.75) is 39.3 Å². The maximum atomic E-state index is 11.4. The molecule has 0 saturated carbocycles. The Kier molecular flexibility index (Phi) is 3.15. The van der Waals surface area contributed by atoms with Crippen LogP contribution in [0.5, 0.6) is 0 Å². The molecule has 0 spiro atoms. The largest absolute Gasteiger partial charge is 0.424 e. The lowest BCUT2D eigenvalue weighted by molar-refractivity contribution is -0.128. The average Bonchev–Trinajstić information content (AvgIpc) is 2.72. The van der Waals surface area contributed by atoms with Crippen molar-refractivity contribution in [2.75, 3.05) is 13.1 Å². The second kappa shape index (κ2) is 4.44. The summed E-state index contributed by atoms with van der Waals surface area (Å²) in [5.74, 6) is 1.25. The zero-order valence-electron chi connectivity index (χ0n) is 10.5. The highest BCUT2D eigenvalue weighted by Crippen LogP contribution is 2.19. The van der Waals surface area contributed by atoms with Gasteiger partial charge in [-0.3, -0.25) is 9.69 Å². The third kappa shape index (κ3) is 2.63. The van der Waals surface area contributed by atoms with Gasteiger partial charge in [-0.15, -0.1) is 10.2 Å². The van der Waals surface area contributed by atoms with Crippen molar-refractivity contribution in [3.8, 4) is 0 Å². The summed E-state index contributed by atoms with van der Waals surface area (Å²) in [4.78, 5) is 13.4. The van der Waals surface area contributed by atoms with E-state index in [1.807, 2.05) is 6.92 Å². The molecular formula is C11H18N4O2. The minimum absolute atomic E-state index is 0.0413. The van der Waals surface area contributed by atoms with Gasteiger partial charge in [-0.1, -0.05) is 6.92 Å². The van der Waals surface area contributed by atoms with E-state index in [-0.39, 0.29) is 11.4 Å². The van der Waals surface area contributed by atoms with E-state index < -0.39 is 0 Å². The Labute approximate surface area is 100 Å². The van der Waals surface area contributed by atoms with E-state index in [0.29, 0.717) is 31.4 Å². The molecule has 1 aromatic rings. The van der Waals surface area contributed by atoms with Gasteiger partial charge in [0.25, 0.3) is 0 Å². The highest BCUT2D eigenvalue weighted by Gasteiger charge is 2.34. The average molecular weight is 238 g/mol. The molecule has 1 N–H and O–H groups in total. The second-order valence-electron chi connectivity index (χ2n) is 4.89. The van der Waals surface area contributed by atoms with Gasteiger partial charge in [0.2, 0.25) is 17.7 Å². The Morgan fingerprint density at radius 3 is 2.76 bits per heavy atom. The first-order valence-electron chi connectivity index (χ1n) is 5.84. The molecule has 0 radical (unpaired) electrons.